The lowest BCUT2D eigenvalue weighted by Crippen LogP contribution is -2.37. The van der Waals surface area contributed by atoms with Crippen LogP contribution < -0.4 is 0 Å². The van der Waals surface area contributed by atoms with Gasteiger partial charge in [-0.15, -0.1) is 11.3 Å². The van der Waals surface area contributed by atoms with Gasteiger partial charge < -0.3 is 4.90 Å². The Morgan fingerprint density at radius 3 is 2.92 bits per heavy atom. The number of benzene rings is 1. The molecule has 0 N–H and O–H groups in total. The third-order valence-corrected chi connectivity index (χ3v) is 5.85. The molecule has 4 rings (SSSR count). The Labute approximate surface area is 160 Å². The fraction of sp³-hybridized carbons (Fsp3) is 0.211. The van der Waals surface area contributed by atoms with Crippen molar-refractivity contribution in [2.24, 2.45) is 7.05 Å². The topological polar surface area (TPSA) is 51.0 Å². The molecule has 0 unspecified atom stereocenters. The number of fused-ring (bicyclic) bond motifs is 1. The SMILES string of the molecule is C=CC(=O)N1Cc2sc(Cl)cc2[C@@H](c2ccccc2-c2ncn(C)n2)C1. The second kappa shape index (κ2) is 6.70. The van der Waals surface area contributed by atoms with Gasteiger partial charge in [-0.3, -0.25) is 9.48 Å². The zero-order valence-corrected chi connectivity index (χ0v) is 15.8. The van der Waals surface area contributed by atoms with Crippen LogP contribution in [0.15, 0.2) is 49.3 Å². The average molecular weight is 385 g/mol. The molecule has 0 saturated heterocycles. The van der Waals surface area contributed by atoms with Crippen molar-refractivity contribution in [3.8, 4) is 11.4 Å². The van der Waals surface area contributed by atoms with Gasteiger partial charge in [0.05, 0.1) is 10.9 Å². The number of aryl methyl sites for hydroxylation is 1. The van der Waals surface area contributed by atoms with Crippen molar-refractivity contribution in [3.63, 3.8) is 0 Å². The number of amides is 1. The van der Waals surface area contributed by atoms with Gasteiger partial charge in [0.2, 0.25) is 5.91 Å². The molecule has 0 radical (unpaired) electrons. The van der Waals surface area contributed by atoms with Gasteiger partial charge in [-0.05, 0) is 23.3 Å². The molecule has 1 aliphatic heterocycles. The van der Waals surface area contributed by atoms with Crippen LogP contribution in [0.4, 0.5) is 0 Å². The van der Waals surface area contributed by atoms with Gasteiger partial charge in [0.15, 0.2) is 5.82 Å². The molecule has 0 saturated carbocycles. The summed E-state index contributed by atoms with van der Waals surface area (Å²) < 4.78 is 2.43. The van der Waals surface area contributed by atoms with Gasteiger partial charge in [0.25, 0.3) is 0 Å². The minimum atomic E-state index is -0.0707. The summed E-state index contributed by atoms with van der Waals surface area (Å²) in [5, 5.41) is 4.45. The second-order valence-corrected chi connectivity index (χ2v) is 8.00. The van der Waals surface area contributed by atoms with Crippen molar-refractivity contribution in [3.05, 3.63) is 69.7 Å². The van der Waals surface area contributed by atoms with E-state index in [2.05, 4.69) is 22.7 Å². The van der Waals surface area contributed by atoms with Crippen LogP contribution in [0.3, 0.4) is 0 Å². The quantitative estimate of drug-likeness (QED) is 0.644. The Balaban J connectivity index is 1.84. The minimum Gasteiger partial charge on any atom is -0.333 e. The minimum absolute atomic E-state index is 0.0198. The molecule has 0 fully saturated rings. The zero-order valence-electron chi connectivity index (χ0n) is 14.2. The molecule has 5 nitrogen and oxygen atoms in total. The van der Waals surface area contributed by atoms with Crippen LogP contribution >= 0.6 is 22.9 Å². The Hall–Kier alpha value is -2.44. The monoisotopic (exact) mass is 384 g/mol. The maximum absolute atomic E-state index is 12.3. The number of carbonyl (C=O) groups is 1. The predicted octanol–water partition coefficient (Wildman–Crippen LogP) is 3.86. The summed E-state index contributed by atoms with van der Waals surface area (Å²) in [5.41, 5.74) is 3.24. The zero-order chi connectivity index (χ0) is 18.3. The van der Waals surface area contributed by atoms with E-state index in [-0.39, 0.29) is 11.8 Å². The first-order valence-corrected chi connectivity index (χ1v) is 9.40. The molecule has 3 aromatic rings. The molecule has 0 bridgehead atoms. The van der Waals surface area contributed by atoms with Crippen molar-refractivity contribution in [1.29, 1.82) is 0 Å². The lowest BCUT2D eigenvalue weighted by atomic mass is 9.85. The normalized spacial score (nSPS) is 16.4. The van der Waals surface area contributed by atoms with Crippen LogP contribution in [0.25, 0.3) is 11.4 Å². The molecular formula is C19H17ClN4OS. The summed E-state index contributed by atoms with van der Waals surface area (Å²) in [6.07, 6.45) is 3.05. The van der Waals surface area contributed by atoms with Gasteiger partial charge in [-0.2, -0.15) is 5.10 Å². The Morgan fingerprint density at radius 2 is 2.19 bits per heavy atom. The third kappa shape index (κ3) is 2.95. The van der Waals surface area contributed by atoms with Crippen molar-refractivity contribution in [2.75, 3.05) is 6.54 Å². The molecule has 1 aliphatic rings. The smallest absolute Gasteiger partial charge is 0.246 e. The summed E-state index contributed by atoms with van der Waals surface area (Å²) >= 11 is 7.82. The highest BCUT2D eigenvalue weighted by Crippen LogP contribution is 2.42. The fourth-order valence-corrected chi connectivity index (χ4v) is 4.77. The number of thiophene rings is 1. The number of hydrogen-bond acceptors (Lipinski definition) is 4. The molecule has 2 aromatic heterocycles. The van der Waals surface area contributed by atoms with Gasteiger partial charge in [-0.25, -0.2) is 4.98 Å². The second-order valence-electron chi connectivity index (χ2n) is 6.23. The number of hydrogen-bond donors (Lipinski definition) is 0. The number of carbonyl (C=O) groups excluding carboxylic acids is 1. The molecule has 7 heteroatoms. The highest BCUT2D eigenvalue weighted by molar-refractivity contribution is 7.16. The average Bonchev–Trinajstić information content (AvgIpc) is 3.24. The maximum atomic E-state index is 12.3. The summed E-state index contributed by atoms with van der Waals surface area (Å²) in [6, 6.07) is 10.1. The summed E-state index contributed by atoms with van der Waals surface area (Å²) in [7, 11) is 1.85. The van der Waals surface area contributed by atoms with Crippen molar-refractivity contribution in [2.45, 2.75) is 12.5 Å². The van der Waals surface area contributed by atoms with E-state index in [4.69, 9.17) is 11.6 Å². The third-order valence-electron chi connectivity index (χ3n) is 4.59. The Morgan fingerprint density at radius 1 is 1.38 bits per heavy atom. The maximum Gasteiger partial charge on any atom is 0.246 e. The molecular weight excluding hydrogens is 368 g/mol. The van der Waals surface area contributed by atoms with E-state index in [9.17, 15) is 4.79 Å². The molecule has 0 aliphatic carbocycles. The molecule has 132 valence electrons. The van der Waals surface area contributed by atoms with E-state index in [0.717, 1.165) is 20.3 Å². The number of halogens is 1. The number of nitrogens with zero attached hydrogens (tertiary/aromatic N) is 4. The van der Waals surface area contributed by atoms with Crippen LogP contribution in [0.5, 0.6) is 0 Å². The number of aromatic nitrogens is 3. The van der Waals surface area contributed by atoms with Crippen LogP contribution in [-0.4, -0.2) is 32.1 Å². The first-order chi connectivity index (χ1) is 12.6. The highest BCUT2D eigenvalue weighted by atomic mass is 35.5. The molecule has 3 heterocycles. The van der Waals surface area contributed by atoms with Gasteiger partial charge >= 0.3 is 0 Å². The van der Waals surface area contributed by atoms with Crippen molar-refractivity contribution in [1.82, 2.24) is 19.7 Å². The summed E-state index contributed by atoms with van der Waals surface area (Å²) in [4.78, 5) is 19.6. The van der Waals surface area contributed by atoms with Crippen LogP contribution in [0.1, 0.15) is 21.9 Å². The van der Waals surface area contributed by atoms with Gasteiger partial charge in [-0.1, -0.05) is 42.4 Å². The van der Waals surface area contributed by atoms with Gasteiger partial charge in [0, 0.05) is 30.0 Å². The van der Waals surface area contributed by atoms with E-state index in [1.54, 1.807) is 11.0 Å². The number of rotatable bonds is 3. The van der Waals surface area contributed by atoms with Crippen molar-refractivity contribution >= 4 is 28.8 Å². The molecule has 1 atom stereocenters. The van der Waals surface area contributed by atoms with E-state index in [1.807, 2.05) is 36.2 Å². The standard InChI is InChI=1S/C19H17ClN4OS/c1-3-18(25)24-9-15(14-8-17(20)26-16(14)10-24)12-6-4-5-7-13(12)19-21-11-23(2)22-19/h3-8,11,15H,1,9-10H2,2H3/t15-/m1/s1. The molecule has 26 heavy (non-hydrogen) atoms. The predicted molar refractivity (Wildman–Crippen MR) is 103 cm³/mol. The first-order valence-electron chi connectivity index (χ1n) is 8.21. The Kier molecular flexibility index (Phi) is 4.38. The first kappa shape index (κ1) is 17.0. The van der Waals surface area contributed by atoms with Crippen LogP contribution in [-0.2, 0) is 18.4 Å². The van der Waals surface area contributed by atoms with E-state index < -0.39 is 0 Å². The lowest BCUT2D eigenvalue weighted by Gasteiger charge is -2.33. The van der Waals surface area contributed by atoms with Gasteiger partial charge in [0.1, 0.15) is 6.33 Å². The van der Waals surface area contributed by atoms with E-state index in [1.165, 1.54) is 23.0 Å². The van der Waals surface area contributed by atoms with Crippen molar-refractivity contribution < 1.29 is 4.79 Å². The lowest BCUT2D eigenvalue weighted by molar-refractivity contribution is -0.127. The largest absolute Gasteiger partial charge is 0.333 e. The van der Waals surface area contributed by atoms with Crippen LogP contribution in [0, 0.1) is 0 Å². The summed E-state index contributed by atoms with van der Waals surface area (Å²) in [5.74, 6) is 0.628. The molecule has 1 aromatic carbocycles. The fourth-order valence-electron chi connectivity index (χ4n) is 3.41. The summed E-state index contributed by atoms with van der Waals surface area (Å²) in [6.45, 7) is 4.77. The molecule has 0 spiro atoms. The van der Waals surface area contributed by atoms with E-state index in [0.29, 0.717) is 18.9 Å². The van der Waals surface area contributed by atoms with E-state index >= 15 is 0 Å². The Bertz CT molecular complexity index is 993. The highest BCUT2D eigenvalue weighted by Gasteiger charge is 2.32. The molecule has 1 amide bonds. The van der Waals surface area contributed by atoms with Crippen LogP contribution in [0.2, 0.25) is 4.34 Å².